The van der Waals surface area contributed by atoms with Gasteiger partial charge in [-0.3, -0.25) is 0 Å². The zero-order chi connectivity index (χ0) is 49.9. The zero-order valence-corrected chi connectivity index (χ0v) is 52.3. The number of phenolic OH excluding ortho intramolecular Hbond substituents is 2. The molecule has 25 nitrogen and oxygen atoms in total. The molecule has 7 aromatic carbocycles. The molecule has 352 valence electrons. The Morgan fingerprint density at radius 1 is 0.370 bits per heavy atom. The van der Waals surface area contributed by atoms with Gasteiger partial charge in [-0.15, -0.1) is 15.3 Å². The number of hydrogen-bond donors (Lipinski definition) is 4. The third-order valence-corrected chi connectivity index (χ3v) is 13.8. The summed E-state index contributed by atoms with van der Waals surface area (Å²) < 4.78 is 179. The van der Waals surface area contributed by atoms with Crippen LogP contribution >= 0.6 is 0 Å². The molecule has 6 N–H and O–H groups in total. The first-order valence-electron chi connectivity index (χ1n) is 18.1. The van der Waals surface area contributed by atoms with E-state index in [0.29, 0.717) is 29.3 Å². The predicted molar refractivity (Wildman–Crippen MR) is 231 cm³/mol. The minimum absolute atomic E-state index is 0. The molecule has 73 heavy (non-hydrogen) atoms. The van der Waals surface area contributed by atoms with Crippen molar-refractivity contribution in [1.82, 2.24) is 0 Å². The molecule has 0 spiro atoms. The van der Waals surface area contributed by atoms with Crippen LogP contribution in [-0.2, 0) is 50.6 Å². The van der Waals surface area contributed by atoms with E-state index in [1.165, 1.54) is 48.5 Å². The summed E-state index contributed by atoms with van der Waals surface area (Å²) in [6, 6.07) is 18.7. The fraction of sp³-hybridized carbons (Fsp3) is 0. The van der Waals surface area contributed by atoms with Crippen LogP contribution in [-0.4, -0.2) is 75.1 Å². The van der Waals surface area contributed by atoms with Crippen molar-refractivity contribution in [3.63, 3.8) is 0 Å². The van der Waals surface area contributed by atoms with Gasteiger partial charge in [0.25, 0.3) is 0 Å². The van der Waals surface area contributed by atoms with Crippen molar-refractivity contribution in [2.75, 3.05) is 11.5 Å². The summed E-state index contributed by atoms with van der Waals surface area (Å²) in [6.45, 7) is 0. The van der Waals surface area contributed by atoms with Crippen LogP contribution in [0.2, 0.25) is 0 Å². The van der Waals surface area contributed by atoms with Crippen molar-refractivity contribution in [2.24, 2.45) is 30.7 Å². The number of anilines is 2. The van der Waals surface area contributed by atoms with Gasteiger partial charge in [-0.1, -0.05) is 24.3 Å². The zero-order valence-electron chi connectivity index (χ0n) is 38.2. The van der Waals surface area contributed by atoms with Crippen LogP contribution in [0.4, 0.5) is 45.5 Å². The summed E-state index contributed by atoms with van der Waals surface area (Å²) in [5.74, 6) is -2.07. The molecule has 7 aromatic rings. The predicted octanol–water partition coefficient (Wildman–Crippen LogP) is -8.98. The SMILES string of the molecule is Nc1cc(S(=O)(=O)[O-])cc2cc(S(=O)(=O)[O-])c(N=Nc3ccc(-c4ccc(N=Nc5c(S(=O)(=O)[O-])cc6cc(S(=O)(=O)[O-])c(N=Nc7ccc(S(=O)(=O)[O-])cc7)c(O)c6c5N)cc4)cc3)c(O)c12.[Na+].[Na+].[Na+].[Na+].[Na+]. The first kappa shape index (κ1) is 66.7. The van der Waals surface area contributed by atoms with Crippen molar-refractivity contribution < 1.29 is 223 Å². The van der Waals surface area contributed by atoms with Gasteiger partial charge in [-0.25, -0.2) is 42.1 Å². The molecule has 0 saturated heterocycles. The Morgan fingerprint density at radius 3 is 1.04 bits per heavy atom. The van der Waals surface area contributed by atoms with E-state index < -0.39 is 126 Å². The van der Waals surface area contributed by atoms with E-state index in [9.17, 15) is 75.1 Å². The molecule has 0 fully saturated rings. The van der Waals surface area contributed by atoms with E-state index in [2.05, 4.69) is 30.7 Å². The van der Waals surface area contributed by atoms with Gasteiger partial charge in [0, 0.05) is 11.1 Å². The average Bonchev–Trinajstić information content (AvgIpc) is 3.23. The summed E-state index contributed by atoms with van der Waals surface area (Å²) in [6.07, 6.45) is 0. The molecule has 0 aliphatic rings. The number of aromatic hydroxyl groups is 2. The molecule has 0 unspecified atom stereocenters. The standard InChI is InChI=1S/C38H28N8O17S5.5Na/c39-27-17-26(65(52,53)54)13-20-14-29(67(58,59)60)35(37(47)31(20)27)45-42-23-7-3-19(4-8-23)18-1-5-22(6-2-18)41-44-34-28(66(55,56)57)15-21-16-30(68(61,62)63)36(38(48)32(21)33(34)40)46-43-24-9-11-25(12-10-24)64(49,50)51;;;;;/h1-17,47-48H,39-40H2,(H,49,50,51)(H,52,53,54)(H,55,56,57)(H,58,59,60)(H,61,62,63);;;;;/q;5*+1/p-5. The monoisotopic (exact) mass is 1140 g/mol. The van der Waals surface area contributed by atoms with Gasteiger partial charge >= 0.3 is 148 Å². The van der Waals surface area contributed by atoms with E-state index in [1.54, 1.807) is 0 Å². The summed E-state index contributed by atoms with van der Waals surface area (Å²) in [5.41, 5.74) is 9.26. The quantitative estimate of drug-likeness (QED) is 0.0382. The summed E-state index contributed by atoms with van der Waals surface area (Å²) in [4.78, 5) is -4.95. The molecule has 0 aliphatic heterocycles. The van der Waals surface area contributed by atoms with Gasteiger partial charge in [0.15, 0.2) is 11.5 Å². The Morgan fingerprint density at radius 2 is 0.685 bits per heavy atom. The number of benzene rings is 7. The van der Waals surface area contributed by atoms with Crippen LogP contribution in [0.1, 0.15) is 0 Å². The van der Waals surface area contributed by atoms with E-state index in [0.717, 1.165) is 36.4 Å². The molecule has 0 aliphatic carbocycles. The van der Waals surface area contributed by atoms with Crippen molar-refractivity contribution in [2.45, 2.75) is 24.5 Å². The van der Waals surface area contributed by atoms with Gasteiger partial charge in [-0.2, -0.15) is 15.3 Å². The molecule has 0 atom stereocenters. The third-order valence-electron chi connectivity index (χ3n) is 9.55. The van der Waals surface area contributed by atoms with Crippen LogP contribution in [0.15, 0.2) is 158 Å². The van der Waals surface area contributed by atoms with E-state index in [1.807, 2.05) is 0 Å². The van der Waals surface area contributed by atoms with Crippen molar-refractivity contribution in [3.8, 4) is 22.6 Å². The van der Waals surface area contributed by atoms with Crippen LogP contribution in [0, 0.1) is 0 Å². The largest absolute Gasteiger partial charge is 1.00 e. The Balaban J connectivity index is 0.00000365. The topological polar surface area (TPSA) is 453 Å². The number of hydrogen-bond acceptors (Lipinski definition) is 25. The van der Waals surface area contributed by atoms with Gasteiger partial charge in [0.2, 0.25) is 0 Å². The Labute approximate surface area is 525 Å². The second kappa shape index (κ2) is 25.4. The molecule has 35 heteroatoms. The summed E-state index contributed by atoms with van der Waals surface area (Å²) in [5, 5.41) is 43.1. The summed E-state index contributed by atoms with van der Waals surface area (Å²) in [7, 11) is -26.3. The number of fused-ring (bicyclic) bond motifs is 2. The maximum atomic E-state index is 12.4. The molecule has 0 saturated carbocycles. The molecular weight excluding hydrogens is 1120 g/mol. The minimum atomic E-state index is -5.52. The van der Waals surface area contributed by atoms with Gasteiger partial charge in [0.05, 0.1) is 52.6 Å². The normalized spacial score (nSPS) is 12.2. The third kappa shape index (κ3) is 15.2. The number of rotatable bonds is 12. The summed E-state index contributed by atoms with van der Waals surface area (Å²) >= 11 is 0. The molecule has 0 aromatic heterocycles. The van der Waals surface area contributed by atoms with Crippen LogP contribution in [0.3, 0.4) is 0 Å². The Kier molecular flexibility index (Phi) is 23.2. The van der Waals surface area contributed by atoms with Crippen LogP contribution < -0.4 is 159 Å². The second-order valence-corrected chi connectivity index (χ2v) is 20.8. The maximum absolute atomic E-state index is 12.4. The number of nitrogens with two attached hydrogens (primary N) is 2. The van der Waals surface area contributed by atoms with Crippen molar-refractivity contribution in [1.29, 1.82) is 0 Å². The smallest absolute Gasteiger partial charge is 0.744 e. The first-order valence-corrected chi connectivity index (χ1v) is 25.1. The van der Waals surface area contributed by atoms with E-state index in [4.69, 9.17) is 11.5 Å². The van der Waals surface area contributed by atoms with E-state index >= 15 is 0 Å². The number of nitrogen functional groups attached to an aromatic ring is 2. The molecule has 0 amide bonds. The van der Waals surface area contributed by atoms with Crippen molar-refractivity contribution in [3.05, 3.63) is 103 Å². The van der Waals surface area contributed by atoms with E-state index in [-0.39, 0.29) is 176 Å². The Hall–Kier alpha value is -2.39. The minimum Gasteiger partial charge on any atom is -0.744 e. The average molecular weight is 1140 g/mol. The maximum Gasteiger partial charge on any atom is 1.00 e. The number of nitrogens with zero attached hydrogens (tertiary/aromatic N) is 6. The molecule has 0 bridgehead atoms. The van der Waals surface area contributed by atoms with Crippen molar-refractivity contribution >= 4 is 118 Å². The Bertz CT molecular complexity index is 3970. The molecule has 0 radical (unpaired) electrons. The van der Waals surface area contributed by atoms with Gasteiger partial charge in [0.1, 0.15) is 67.7 Å². The molecule has 0 heterocycles. The van der Waals surface area contributed by atoms with Gasteiger partial charge in [-0.05, 0) is 101 Å². The fourth-order valence-electron chi connectivity index (χ4n) is 6.46. The van der Waals surface area contributed by atoms with Gasteiger partial charge < -0.3 is 44.4 Å². The van der Waals surface area contributed by atoms with Crippen LogP contribution in [0.25, 0.3) is 32.7 Å². The number of azo groups is 3. The fourth-order valence-corrected chi connectivity index (χ4v) is 9.42. The van der Waals surface area contributed by atoms with Crippen LogP contribution in [0.5, 0.6) is 11.5 Å². The first-order chi connectivity index (χ1) is 31.5. The number of phenols is 2. The molecule has 7 rings (SSSR count). The second-order valence-electron chi connectivity index (χ2n) is 13.9. The molecular formula is C38H23N8Na5O17S5.